The van der Waals surface area contributed by atoms with Gasteiger partial charge in [0.05, 0.1) is 4.91 Å². The molecule has 1 aromatic carbocycles. The minimum atomic E-state index is -0.456. The topological polar surface area (TPSA) is 70.8 Å². The number of hydrogen-bond acceptors (Lipinski definition) is 5. The average Bonchev–Trinajstić information content (AvgIpc) is 3.40. The van der Waals surface area contributed by atoms with Crippen molar-refractivity contribution >= 4 is 50.8 Å². The summed E-state index contributed by atoms with van der Waals surface area (Å²) in [5.41, 5.74) is 0.901. The Bertz CT molecular complexity index is 978. The molecule has 2 aliphatic heterocycles. The van der Waals surface area contributed by atoms with Gasteiger partial charge in [-0.2, -0.15) is 0 Å². The highest BCUT2D eigenvalue weighted by Crippen LogP contribution is 2.33. The first-order valence-corrected chi connectivity index (χ1v) is 10.5. The minimum Gasteiger partial charge on any atom is -0.457 e. The normalized spacial score (nSPS) is 18.5. The summed E-state index contributed by atoms with van der Waals surface area (Å²) in [7, 11) is 0. The molecule has 2 aliphatic rings. The van der Waals surface area contributed by atoms with Crippen LogP contribution < -0.4 is 0 Å². The highest BCUT2D eigenvalue weighted by atomic mass is 79.9. The Morgan fingerprint density at radius 2 is 1.96 bits per heavy atom. The van der Waals surface area contributed by atoms with Gasteiger partial charge in [-0.1, -0.05) is 28.1 Å². The molecule has 8 heteroatoms. The number of carbonyl (C=O) groups excluding carboxylic acids is 3. The number of furan rings is 1. The van der Waals surface area contributed by atoms with Crippen molar-refractivity contribution in [2.45, 2.75) is 12.8 Å². The van der Waals surface area contributed by atoms with Crippen molar-refractivity contribution in [3.05, 3.63) is 51.5 Å². The first-order chi connectivity index (χ1) is 13.5. The van der Waals surface area contributed by atoms with Gasteiger partial charge in [-0.25, -0.2) is 0 Å². The molecular formula is C20H17BrN2O4S. The Morgan fingerprint density at radius 3 is 2.71 bits per heavy atom. The van der Waals surface area contributed by atoms with E-state index in [-0.39, 0.29) is 17.4 Å². The molecule has 6 nitrogen and oxygen atoms in total. The van der Waals surface area contributed by atoms with Crippen LogP contribution in [0.3, 0.4) is 0 Å². The molecule has 144 valence electrons. The zero-order chi connectivity index (χ0) is 19.7. The highest BCUT2D eigenvalue weighted by molar-refractivity contribution is 9.10. The maximum Gasteiger partial charge on any atom is 0.294 e. The molecule has 4 rings (SSSR count). The lowest BCUT2D eigenvalue weighted by molar-refractivity contribution is -0.135. The van der Waals surface area contributed by atoms with E-state index in [1.54, 1.807) is 17.0 Å². The predicted molar refractivity (Wildman–Crippen MR) is 110 cm³/mol. The van der Waals surface area contributed by atoms with Crippen LogP contribution in [-0.4, -0.2) is 46.5 Å². The van der Waals surface area contributed by atoms with Gasteiger partial charge in [0.2, 0.25) is 5.91 Å². The molecule has 0 unspecified atom stereocenters. The van der Waals surface area contributed by atoms with Crippen LogP contribution in [0, 0.1) is 0 Å². The zero-order valence-corrected chi connectivity index (χ0v) is 17.3. The number of carbonyl (C=O) groups is 3. The molecule has 0 atom stereocenters. The van der Waals surface area contributed by atoms with Gasteiger partial charge >= 0.3 is 0 Å². The third-order valence-corrected chi connectivity index (χ3v) is 6.04. The Hall–Kier alpha value is -2.32. The summed E-state index contributed by atoms with van der Waals surface area (Å²) in [6.45, 7) is 1.18. The third-order valence-electron chi connectivity index (χ3n) is 4.64. The van der Waals surface area contributed by atoms with Gasteiger partial charge in [0.25, 0.3) is 11.1 Å². The predicted octanol–water partition coefficient (Wildman–Crippen LogP) is 4.37. The second kappa shape index (κ2) is 7.97. The lowest BCUT2D eigenvalue weighted by Crippen LogP contribution is -2.40. The van der Waals surface area contributed by atoms with Gasteiger partial charge < -0.3 is 9.32 Å². The summed E-state index contributed by atoms with van der Waals surface area (Å²) in [6.07, 6.45) is 3.48. The molecule has 0 saturated carbocycles. The Kier molecular flexibility index (Phi) is 5.41. The van der Waals surface area contributed by atoms with E-state index >= 15 is 0 Å². The van der Waals surface area contributed by atoms with E-state index in [1.165, 1.54) is 0 Å². The minimum absolute atomic E-state index is 0.184. The number of nitrogens with zero attached hydrogens (tertiary/aromatic N) is 2. The molecule has 3 amide bonds. The highest BCUT2D eigenvalue weighted by Gasteiger charge is 2.37. The molecule has 0 N–H and O–H groups in total. The van der Waals surface area contributed by atoms with Crippen LogP contribution >= 0.6 is 27.7 Å². The lowest BCUT2D eigenvalue weighted by Gasteiger charge is -2.18. The summed E-state index contributed by atoms with van der Waals surface area (Å²) in [5.74, 6) is 0.501. The maximum atomic E-state index is 12.6. The number of rotatable bonds is 4. The molecular weight excluding hydrogens is 444 g/mol. The second-order valence-corrected chi connectivity index (χ2v) is 8.48. The van der Waals surface area contributed by atoms with E-state index in [2.05, 4.69) is 15.9 Å². The van der Waals surface area contributed by atoms with Crippen LogP contribution in [-0.2, 0) is 9.59 Å². The standard InChI is InChI=1S/C20H17BrN2O4S/c21-14-5-3-4-13(10-14)16-7-6-15(27-16)11-17-19(25)23(20(26)28-17)12-18(24)22-8-1-2-9-22/h3-7,10-11H,1-2,8-9,12H2. The number of amides is 3. The van der Waals surface area contributed by atoms with Crippen molar-refractivity contribution in [1.29, 1.82) is 0 Å². The Balaban J connectivity index is 1.49. The van der Waals surface area contributed by atoms with E-state index < -0.39 is 11.1 Å². The van der Waals surface area contributed by atoms with Gasteiger partial charge in [-0.15, -0.1) is 0 Å². The van der Waals surface area contributed by atoms with Crippen molar-refractivity contribution in [3.63, 3.8) is 0 Å². The summed E-state index contributed by atoms with van der Waals surface area (Å²) < 4.78 is 6.74. The quantitative estimate of drug-likeness (QED) is 0.633. The average molecular weight is 461 g/mol. The van der Waals surface area contributed by atoms with Gasteiger partial charge in [-0.3, -0.25) is 19.3 Å². The molecule has 0 radical (unpaired) electrons. The zero-order valence-electron chi connectivity index (χ0n) is 14.9. The van der Waals surface area contributed by atoms with Crippen LogP contribution in [0.15, 0.2) is 50.2 Å². The van der Waals surface area contributed by atoms with E-state index in [0.717, 1.165) is 39.5 Å². The number of benzene rings is 1. The van der Waals surface area contributed by atoms with E-state index in [4.69, 9.17) is 4.42 Å². The van der Waals surface area contributed by atoms with E-state index in [9.17, 15) is 14.4 Å². The SMILES string of the molecule is O=C(CN1C(=O)SC(=Cc2ccc(-c3cccc(Br)c3)o2)C1=O)N1CCCC1. The summed E-state index contributed by atoms with van der Waals surface area (Å²) in [6, 6.07) is 11.2. The molecule has 3 heterocycles. The van der Waals surface area contributed by atoms with Crippen molar-refractivity contribution < 1.29 is 18.8 Å². The molecule has 28 heavy (non-hydrogen) atoms. The first-order valence-electron chi connectivity index (χ1n) is 8.90. The monoisotopic (exact) mass is 460 g/mol. The molecule has 2 fully saturated rings. The third kappa shape index (κ3) is 3.93. The maximum absolute atomic E-state index is 12.6. The fourth-order valence-corrected chi connectivity index (χ4v) is 4.41. The number of hydrogen-bond donors (Lipinski definition) is 0. The van der Waals surface area contributed by atoms with E-state index in [1.807, 2.05) is 30.3 Å². The van der Waals surface area contributed by atoms with Crippen molar-refractivity contribution in [2.75, 3.05) is 19.6 Å². The van der Waals surface area contributed by atoms with Crippen molar-refractivity contribution in [2.24, 2.45) is 0 Å². The molecule has 2 saturated heterocycles. The molecule has 0 spiro atoms. The van der Waals surface area contributed by atoms with Gasteiger partial charge in [0.1, 0.15) is 18.1 Å². The van der Waals surface area contributed by atoms with E-state index in [0.29, 0.717) is 24.6 Å². The number of thioether (sulfide) groups is 1. The van der Waals surface area contributed by atoms with Gasteiger partial charge in [0, 0.05) is 29.2 Å². The van der Waals surface area contributed by atoms with Crippen LogP contribution in [0.5, 0.6) is 0 Å². The first kappa shape index (κ1) is 19.0. The molecule has 2 aromatic rings. The van der Waals surface area contributed by atoms with Gasteiger partial charge in [-0.05, 0) is 48.9 Å². The van der Waals surface area contributed by atoms with Crippen molar-refractivity contribution in [3.8, 4) is 11.3 Å². The van der Waals surface area contributed by atoms with Crippen LogP contribution in [0.25, 0.3) is 17.4 Å². The van der Waals surface area contributed by atoms with Crippen LogP contribution in [0.1, 0.15) is 18.6 Å². The van der Waals surface area contributed by atoms with Crippen LogP contribution in [0.2, 0.25) is 0 Å². The fraction of sp³-hybridized carbons (Fsp3) is 0.250. The van der Waals surface area contributed by atoms with Crippen LogP contribution in [0.4, 0.5) is 4.79 Å². The molecule has 0 bridgehead atoms. The summed E-state index contributed by atoms with van der Waals surface area (Å²) in [4.78, 5) is 40.0. The number of imide groups is 1. The fourth-order valence-electron chi connectivity index (χ4n) is 3.19. The summed E-state index contributed by atoms with van der Waals surface area (Å²) in [5, 5.41) is -0.428. The largest absolute Gasteiger partial charge is 0.457 e. The second-order valence-electron chi connectivity index (χ2n) is 6.57. The molecule has 0 aliphatic carbocycles. The Morgan fingerprint density at radius 1 is 1.18 bits per heavy atom. The smallest absolute Gasteiger partial charge is 0.294 e. The molecule has 1 aromatic heterocycles. The Labute approximate surface area is 174 Å². The number of likely N-dealkylation sites (tertiary alicyclic amines) is 1. The van der Waals surface area contributed by atoms with Crippen molar-refractivity contribution in [1.82, 2.24) is 9.80 Å². The summed E-state index contributed by atoms with van der Waals surface area (Å²) >= 11 is 4.26. The number of halogens is 1. The van der Waals surface area contributed by atoms with Gasteiger partial charge in [0.15, 0.2) is 0 Å². The lowest BCUT2D eigenvalue weighted by atomic mass is 10.2.